The Morgan fingerprint density at radius 3 is 1.83 bits per heavy atom. The van der Waals surface area contributed by atoms with Crippen LogP contribution in [0, 0.1) is 0 Å². The van der Waals surface area contributed by atoms with Crippen molar-refractivity contribution < 1.29 is 0 Å². The van der Waals surface area contributed by atoms with Crippen molar-refractivity contribution in [2.75, 3.05) is 0 Å². The summed E-state index contributed by atoms with van der Waals surface area (Å²) in [4.78, 5) is 0. The Bertz CT molecular complexity index is 49.4. The zero-order chi connectivity index (χ0) is 5.21. The van der Waals surface area contributed by atoms with E-state index in [1.54, 1.807) is 0 Å². The van der Waals surface area contributed by atoms with Crippen molar-refractivity contribution >= 4 is 7.85 Å². The average Bonchev–Trinajstić information content (AvgIpc) is 1.35. The molecule has 0 N–H and O–H groups in total. The van der Waals surface area contributed by atoms with Gasteiger partial charge in [0.05, 0.1) is 0 Å². The normalized spacial score (nSPS) is 11.0. The smallest absolute Gasteiger partial charge is 0.103 e. The van der Waals surface area contributed by atoms with Gasteiger partial charge >= 0.3 is 0 Å². The summed E-state index contributed by atoms with van der Waals surface area (Å²) < 4.78 is 0. The van der Waals surface area contributed by atoms with Crippen molar-refractivity contribution in [3.63, 3.8) is 0 Å². The van der Waals surface area contributed by atoms with Gasteiger partial charge in [0, 0.05) is 0 Å². The van der Waals surface area contributed by atoms with E-state index in [2.05, 4.69) is 28.3 Å². The quantitative estimate of drug-likeness (QED) is 0.327. The van der Waals surface area contributed by atoms with Gasteiger partial charge in [0.25, 0.3) is 0 Å². The molecule has 0 saturated carbocycles. The molecule has 0 unspecified atom stereocenters. The Hall–Kier alpha value is -0.195. The van der Waals surface area contributed by atoms with Crippen LogP contribution in [-0.2, 0) is 0 Å². The molecule has 0 bridgehead atoms. The second kappa shape index (κ2) is 1.50. The summed E-state index contributed by atoms with van der Waals surface area (Å²) >= 11 is 0. The third-order valence-corrected chi connectivity index (χ3v) is 0.612. The maximum absolute atomic E-state index is 3.63. The van der Waals surface area contributed by atoms with Gasteiger partial charge in [0.1, 0.15) is 7.85 Å². The summed E-state index contributed by atoms with van der Waals surface area (Å²) in [5, 5.41) is 0.306. The molecule has 0 amide bonds. The molecule has 1 heteroatoms. The molecule has 0 aliphatic rings. The Morgan fingerprint density at radius 1 is 1.67 bits per heavy atom. The largest absolute Gasteiger partial charge is 0.113 e. The highest BCUT2D eigenvalue weighted by molar-refractivity contribution is 6.15. The lowest BCUT2D eigenvalue weighted by molar-refractivity contribution is 0.864. The maximum Gasteiger partial charge on any atom is 0.113 e. The summed E-state index contributed by atoms with van der Waals surface area (Å²) in [5.74, 6) is 0. The minimum Gasteiger partial charge on any atom is -0.103 e. The van der Waals surface area contributed by atoms with Crippen molar-refractivity contribution in [1.29, 1.82) is 0 Å². The first-order valence-electron chi connectivity index (χ1n) is 2.20. The standard InChI is InChI=1S/C5H11B/c1-4-5(2,3)6/h4H,1,6H2,2-3H3. The summed E-state index contributed by atoms with van der Waals surface area (Å²) in [6.07, 6.45) is 1.94. The molecule has 34 valence electrons. The molecule has 0 heterocycles. The SMILES string of the molecule is BC(C)(C)C=C. The minimum absolute atomic E-state index is 0.306. The Morgan fingerprint density at radius 2 is 1.83 bits per heavy atom. The third kappa shape index (κ3) is 3.80. The van der Waals surface area contributed by atoms with Crippen LogP contribution >= 0.6 is 0 Å². The predicted molar refractivity (Wildman–Crippen MR) is 32.8 cm³/mol. The fourth-order valence-electron chi connectivity index (χ4n) is 0. The number of rotatable bonds is 1. The van der Waals surface area contributed by atoms with E-state index in [1.807, 2.05) is 6.08 Å². The molecule has 0 aromatic rings. The zero-order valence-electron chi connectivity index (χ0n) is 4.78. The highest BCUT2D eigenvalue weighted by Crippen LogP contribution is 2.17. The summed E-state index contributed by atoms with van der Waals surface area (Å²) in [5.41, 5.74) is 0. The van der Waals surface area contributed by atoms with Crippen LogP contribution in [0.15, 0.2) is 12.7 Å². The van der Waals surface area contributed by atoms with Crippen LogP contribution in [0.25, 0.3) is 0 Å². The van der Waals surface area contributed by atoms with Gasteiger partial charge in [0.15, 0.2) is 0 Å². The Labute approximate surface area is 40.7 Å². The lowest BCUT2D eigenvalue weighted by atomic mass is 9.73. The second-order valence-electron chi connectivity index (χ2n) is 2.57. The van der Waals surface area contributed by atoms with Gasteiger partial charge < -0.3 is 0 Å². The molecule has 0 atom stereocenters. The van der Waals surface area contributed by atoms with E-state index in [0.717, 1.165) is 0 Å². The van der Waals surface area contributed by atoms with Crippen LogP contribution in [0.1, 0.15) is 13.8 Å². The van der Waals surface area contributed by atoms with Crippen LogP contribution in [0.5, 0.6) is 0 Å². The highest BCUT2D eigenvalue weighted by Gasteiger charge is 2.00. The molecular formula is C5H11B. The number of hydrogen-bond acceptors (Lipinski definition) is 0. The first kappa shape index (κ1) is 5.80. The van der Waals surface area contributed by atoms with Gasteiger partial charge in [-0.1, -0.05) is 19.9 Å². The first-order valence-corrected chi connectivity index (χ1v) is 2.20. The first-order chi connectivity index (χ1) is 2.56. The van der Waals surface area contributed by atoms with E-state index in [4.69, 9.17) is 0 Å². The van der Waals surface area contributed by atoms with Gasteiger partial charge in [-0.2, -0.15) is 0 Å². The van der Waals surface area contributed by atoms with Crippen molar-refractivity contribution in [2.45, 2.75) is 19.2 Å². The number of allylic oxidation sites excluding steroid dienone is 1. The molecular weight excluding hydrogens is 70.9 g/mol. The van der Waals surface area contributed by atoms with Crippen LogP contribution in [-0.4, -0.2) is 7.85 Å². The van der Waals surface area contributed by atoms with E-state index in [0.29, 0.717) is 5.31 Å². The summed E-state index contributed by atoms with van der Waals surface area (Å²) in [6.45, 7) is 7.88. The molecule has 0 radical (unpaired) electrons. The van der Waals surface area contributed by atoms with Crippen molar-refractivity contribution in [1.82, 2.24) is 0 Å². The molecule has 0 saturated heterocycles. The van der Waals surface area contributed by atoms with Crippen LogP contribution in [0.4, 0.5) is 0 Å². The molecule has 0 rings (SSSR count). The minimum atomic E-state index is 0.306. The van der Waals surface area contributed by atoms with E-state index >= 15 is 0 Å². The lowest BCUT2D eigenvalue weighted by Gasteiger charge is -2.07. The van der Waals surface area contributed by atoms with E-state index < -0.39 is 0 Å². The van der Waals surface area contributed by atoms with E-state index in [1.165, 1.54) is 0 Å². The molecule has 0 spiro atoms. The molecule has 0 aliphatic heterocycles. The zero-order valence-corrected chi connectivity index (χ0v) is 4.78. The van der Waals surface area contributed by atoms with Gasteiger partial charge in [0.2, 0.25) is 0 Å². The second-order valence-corrected chi connectivity index (χ2v) is 2.57. The van der Waals surface area contributed by atoms with Crippen molar-refractivity contribution in [3.8, 4) is 0 Å². The summed E-state index contributed by atoms with van der Waals surface area (Å²) in [7, 11) is 2.12. The van der Waals surface area contributed by atoms with Crippen LogP contribution in [0.2, 0.25) is 5.31 Å². The van der Waals surface area contributed by atoms with Crippen molar-refractivity contribution in [3.05, 3.63) is 12.7 Å². The molecule has 6 heavy (non-hydrogen) atoms. The molecule has 0 aliphatic carbocycles. The van der Waals surface area contributed by atoms with Gasteiger partial charge in [-0.05, 0) is 5.31 Å². The maximum atomic E-state index is 3.63. The molecule has 0 aromatic heterocycles. The lowest BCUT2D eigenvalue weighted by Crippen LogP contribution is -1.93. The molecule has 0 aromatic carbocycles. The monoisotopic (exact) mass is 82.1 g/mol. The topological polar surface area (TPSA) is 0 Å². The van der Waals surface area contributed by atoms with E-state index in [9.17, 15) is 0 Å². The molecule has 0 nitrogen and oxygen atoms in total. The Balaban J connectivity index is 3.45. The average molecular weight is 82.0 g/mol. The van der Waals surface area contributed by atoms with Gasteiger partial charge in [-0.3, -0.25) is 0 Å². The fourth-order valence-corrected chi connectivity index (χ4v) is 0. The Kier molecular flexibility index (Phi) is 1.45. The number of hydrogen-bond donors (Lipinski definition) is 0. The van der Waals surface area contributed by atoms with Crippen LogP contribution in [0.3, 0.4) is 0 Å². The predicted octanol–water partition coefficient (Wildman–Crippen LogP) is 1.00. The third-order valence-electron chi connectivity index (χ3n) is 0.612. The highest BCUT2D eigenvalue weighted by atomic mass is 14.0. The summed E-state index contributed by atoms with van der Waals surface area (Å²) in [6, 6.07) is 0. The van der Waals surface area contributed by atoms with Gasteiger partial charge in [-0.15, -0.1) is 6.58 Å². The molecule has 0 fully saturated rings. The fraction of sp³-hybridized carbons (Fsp3) is 0.600. The van der Waals surface area contributed by atoms with Crippen molar-refractivity contribution in [2.24, 2.45) is 0 Å². The van der Waals surface area contributed by atoms with Crippen LogP contribution < -0.4 is 0 Å². The van der Waals surface area contributed by atoms with Gasteiger partial charge in [-0.25, -0.2) is 0 Å². The van der Waals surface area contributed by atoms with E-state index in [-0.39, 0.29) is 0 Å².